The van der Waals surface area contributed by atoms with Gasteiger partial charge in [0, 0.05) is 5.02 Å². The van der Waals surface area contributed by atoms with Gasteiger partial charge in [0.1, 0.15) is 5.75 Å². The molecule has 0 heterocycles. The van der Waals surface area contributed by atoms with Crippen LogP contribution in [0.5, 0.6) is 5.75 Å². The highest BCUT2D eigenvalue weighted by molar-refractivity contribution is 6.73. The molecule has 0 spiro atoms. The molecule has 0 unspecified atom stereocenters. The molecule has 1 rings (SSSR count). The van der Waals surface area contributed by atoms with Crippen molar-refractivity contribution in [2.24, 2.45) is 0 Å². The van der Waals surface area contributed by atoms with Crippen molar-refractivity contribution >= 4 is 31.5 Å². The van der Waals surface area contributed by atoms with E-state index < -0.39 is 8.32 Å². The highest BCUT2D eigenvalue weighted by Gasteiger charge is 2.29. The molecular formula is C11H16Cl2OSi. The lowest BCUT2D eigenvalue weighted by Crippen LogP contribution is -2.37. The first-order valence-electron chi connectivity index (χ1n) is 4.97. The second-order valence-electron chi connectivity index (χ2n) is 4.43. The van der Waals surface area contributed by atoms with Crippen LogP contribution in [-0.4, -0.2) is 8.32 Å². The molecule has 0 bridgehead atoms. The summed E-state index contributed by atoms with van der Waals surface area (Å²) < 4.78 is 6.00. The number of benzene rings is 1. The smallest absolute Gasteiger partial charge is 0.247 e. The molecule has 1 aromatic carbocycles. The van der Waals surface area contributed by atoms with Gasteiger partial charge in [0.15, 0.2) is 0 Å². The Balaban J connectivity index is 2.90. The third kappa shape index (κ3) is 3.40. The molecule has 84 valence electrons. The van der Waals surface area contributed by atoms with Crippen molar-refractivity contribution in [2.45, 2.75) is 32.5 Å². The first kappa shape index (κ1) is 12.9. The summed E-state index contributed by atoms with van der Waals surface area (Å²) in [6, 6.07) is 5.35. The highest BCUT2D eigenvalue weighted by atomic mass is 35.5. The van der Waals surface area contributed by atoms with Crippen LogP contribution in [0.1, 0.15) is 13.8 Å². The van der Waals surface area contributed by atoms with Gasteiger partial charge in [-0.2, -0.15) is 0 Å². The molecule has 0 aliphatic rings. The second kappa shape index (κ2) is 4.77. The Morgan fingerprint density at radius 3 is 2.27 bits per heavy atom. The van der Waals surface area contributed by atoms with Crippen molar-refractivity contribution in [3.05, 3.63) is 28.2 Å². The predicted octanol–water partition coefficient (Wildman–Crippen LogP) is 4.99. The highest BCUT2D eigenvalue weighted by Crippen LogP contribution is 2.32. The summed E-state index contributed by atoms with van der Waals surface area (Å²) in [5.41, 5.74) is 0.546. The van der Waals surface area contributed by atoms with Crippen LogP contribution in [-0.2, 0) is 0 Å². The van der Waals surface area contributed by atoms with Crippen LogP contribution in [0.3, 0.4) is 0 Å². The monoisotopic (exact) mass is 262 g/mol. The van der Waals surface area contributed by atoms with Crippen LogP contribution in [0.25, 0.3) is 0 Å². The van der Waals surface area contributed by atoms with Gasteiger partial charge in [-0.1, -0.05) is 37.0 Å². The van der Waals surface area contributed by atoms with Crippen molar-refractivity contribution in [1.82, 2.24) is 0 Å². The maximum Gasteiger partial charge on any atom is 0.247 e. The molecule has 0 saturated carbocycles. The standard InChI is InChI=1S/C11H16Cl2OSi/c1-8(2)15(3,4)14-11-6-5-9(12)7-10(11)13/h5-8H,1-4H3. The van der Waals surface area contributed by atoms with Crippen LogP contribution in [0.15, 0.2) is 18.2 Å². The fourth-order valence-corrected chi connectivity index (χ4v) is 2.45. The Bertz CT molecular complexity index is 350. The van der Waals surface area contributed by atoms with E-state index in [4.69, 9.17) is 27.6 Å². The van der Waals surface area contributed by atoms with Crippen molar-refractivity contribution in [2.75, 3.05) is 0 Å². The normalized spacial score (nSPS) is 11.9. The zero-order valence-electron chi connectivity index (χ0n) is 9.47. The maximum absolute atomic E-state index is 6.05. The molecule has 0 fully saturated rings. The predicted molar refractivity (Wildman–Crippen MR) is 69.7 cm³/mol. The summed E-state index contributed by atoms with van der Waals surface area (Å²) in [5.74, 6) is 0.742. The molecule has 0 N–H and O–H groups in total. The van der Waals surface area contributed by atoms with E-state index >= 15 is 0 Å². The lowest BCUT2D eigenvalue weighted by atomic mass is 10.3. The first-order chi connectivity index (χ1) is 6.83. The van der Waals surface area contributed by atoms with Crippen LogP contribution in [0, 0.1) is 0 Å². The number of rotatable bonds is 3. The Kier molecular flexibility index (Phi) is 4.10. The molecule has 0 amide bonds. The average Bonchev–Trinajstić information content (AvgIpc) is 2.09. The van der Waals surface area contributed by atoms with E-state index in [0.717, 1.165) is 5.75 Å². The van der Waals surface area contributed by atoms with Crippen LogP contribution in [0.2, 0.25) is 28.7 Å². The van der Waals surface area contributed by atoms with Crippen LogP contribution in [0.4, 0.5) is 0 Å². The van der Waals surface area contributed by atoms with E-state index in [1.807, 2.05) is 6.07 Å². The van der Waals surface area contributed by atoms with E-state index in [-0.39, 0.29) is 0 Å². The van der Waals surface area contributed by atoms with Crippen molar-refractivity contribution < 1.29 is 4.43 Å². The van der Waals surface area contributed by atoms with Gasteiger partial charge in [0.25, 0.3) is 0 Å². The quantitative estimate of drug-likeness (QED) is 0.698. The summed E-state index contributed by atoms with van der Waals surface area (Å²) in [6.45, 7) is 8.72. The zero-order chi connectivity index (χ0) is 11.6. The summed E-state index contributed by atoms with van der Waals surface area (Å²) in [5, 5.41) is 1.22. The fraction of sp³-hybridized carbons (Fsp3) is 0.455. The van der Waals surface area contributed by atoms with Gasteiger partial charge in [0.05, 0.1) is 5.02 Å². The zero-order valence-corrected chi connectivity index (χ0v) is 12.0. The van der Waals surface area contributed by atoms with Gasteiger partial charge in [-0.3, -0.25) is 0 Å². The SMILES string of the molecule is CC(C)[Si](C)(C)Oc1ccc(Cl)cc1Cl. The summed E-state index contributed by atoms with van der Waals surface area (Å²) in [7, 11) is -1.70. The third-order valence-corrected chi connectivity index (χ3v) is 6.71. The van der Waals surface area contributed by atoms with Gasteiger partial charge in [0.2, 0.25) is 8.32 Å². The van der Waals surface area contributed by atoms with E-state index in [9.17, 15) is 0 Å². The molecular weight excluding hydrogens is 247 g/mol. The van der Waals surface area contributed by atoms with Crippen molar-refractivity contribution in [1.29, 1.82) is 0 Å². The minimum Gasteiger partial charge on any atom is -0.543 e. The lowest BCUT2D eigenvalue weighted by Gasteiger charge is -2.28. The molecule has 0 aliphatic carbocycles. The van der Waals surface area contributed by atoms with Gasteiger partial charge in [-0.15, -0.1) is 0 Å². The molecule has 0 atom stereocenters. The van der Waals surface area contributed by atoms with Gasteiger partial charge in [-0.05, 0) is 36.8 Å². The molecule has 1 aromatic rings. The fourth-order valence-electron chi connectivity index (χ4n) is 0.959. The van der Waals surface area contributed by atoms with E-state index in [0.29, 0.717) is 15.6 Å². The molecule has 15 heavy (non-hydrogen) atoms. The Morgan fingerprint density at radius 2 is 1.80 bits per heavy atom. The molecule has 0 radical (unpaired) electrons. The van der Waals surface area contributed by atoms with Crippen LogP contribution >= 0.6 is 23.2 Å². The minimum atomic E-state index is -1.70. The largest absolute Gasteiger partial charge is 0.543 e. The molecule has 0 aromatic heterocycles. The lowest BCUT2D eigenvalue weighted by molar-refractivity contribution is 0.533. The Hall–Kier alpha value is -0.183. The Labute approximate surface area is 102 Å². The van der Waals surface area contributed by atoms with E-state index in [1.165, 1.54) is 0 Å². The summed E-state index contributed by atoms with van der Waals surface area (Å²) in [4.78, 5) is 0. The number of halogens is 2. The maximum atomic E-state index is 6.05. The van der Waals surface area contributed by atoms with Gasteiger partial charge >= 0.3 is 0 Å². The van der Waals surface area contributed by atoms with Gasteiger partial charge in [-0.25, -0.2) is 0 Å². The average molecular weight is 263 g/mol. The second-order valence-corrected chi connectivity index (χ2v) is 9.84. The van der Waals surface area contributed by atoms with Crippen LogP contribution < -0.4 is 4.43 Å². The molecule has 4 heteroatoms. The molecule has 1 nitrogen and oxygen atoms in total. The topological polar surface area (TPSA) is 9.23 Å². The Morgan fingerprint density at radius 1 is 1.20 bits per heavy atom. The summed E-state index contributed by atoms with van der Waals surface area (Å²) >= 11 is 11.9. The van der Waals surface area contributed by atoms with Gasteiger partial charge < -0.3 is 4.43 Å². The molecule has 0 saturated heterocycles. The number of hydrogen-bond acceptors (Lipinski definition) is 1. The van der Waals surface area contributed by atoms with E-state index in [2.05, 4.69) is 26.9 Å². The first-order valence-corrected chi connectivity index (χ1v) is 8.71. The third-order valence-electron chi connectivity index (χ3n) is 2.66. The molecule has 0 aliphatic heterocycles. The van der Waals surface area contributed by atoms with E-state index in [1.54, 1.807) is 12.1 Å². The van der Waals surface area contributed by atoms with Crippen molar-refractivity contribution in [3.63, 3.8) is 0 Å². The minimum absolute atomic E-state index is 0.546. The number of hydrogen-bond donors (Lipinski definition) is 0. The van der Waals surface area contributed by atoms with Crippen molar-refractivity contribution in [3.8, 4) is 5.75 Å². The summed E-state index contributed by atoms with van der Waals surface area (Å²) in [6.07, 6.45) is 0.